The van der Waals surface area contributed by atoms with Crippen LogP contribution in [0.4, 0.5) is 0 Å². The molecule has 1 N–H and O–H groups in total. The standard InChI is InChI=1S/C22H33NO2/c1-16(2)25-20-13-6-17(7-14-20)8-15-21(24)23-19-11-9-18(10-12-19)22(3,4)5/h6-8,13-16,18-19H,9-12H2,1-5H3,(H,23,24). The van der Waals surface area contributed by atoms with E-state index in [2.05, 4.69) is 26.1 Å². The smallest absolute Gasteiger partial charge is 0.244 e. The normalized spacial score (nSPS) is 21.5. The van der Waals surface area contributed by atoms with Crippen LogP contribution in [0, 0.1) is 11.3 Å². The molecule has 0 unspecified atom stereocenters. The first kappa shape index (κ1) is 19.6. The number of carbonyl (C=O) groups is 1. The van der Waals surface area contributed by atoms with Gasteiger partial charge in [0.05, 0.1) is 6.10 Å². The number of nitrogens with one attached hydrogen (secondary N) is 1. The van der Waals surface area contributed by atoms with Crippen molar-refractivity contribution >= 4 is 12.0 Å². The summed E-state index contributed by atoms with van der Waals surface area (Å²) in [6.07, 6.45) is 8.24. The molecule has 1 amide bonds. The van der Waals surface area contributed by atoms with Gasteiger partial charge >= 0.3 is 0 Å². The van der Waals surface area contributed by atoms with Gasteiger partial charge in [0, 0.05) is 12.1 Å². The summed E-state index contributed by atoms with van der Waals surface area (Å²) in [7, 11) is 0. The van der Waals surface area contributed by atoms with Gasteiger partial charge in [-0.1, -0.05) is 32.9 Å². The highest BCUT2D eigenvalue weighted by atomic mass is 16.5. The van der Waals surface area contributed by atoms with Gasteiger partial charge in [0.2, 0.25) is 5.91 Å². The predicted octanol–water partition coefficient (Wildman–Crippen LogP) is 5.21. The molecule has 0 bridgehead atoms. The maximum Gasteiger partial charge on any atom is 0.244 e. The third-order valence-electron chi connectivity index (χ3n) is 4.98. The molecule has 1 aliphatic carbocycles. The molecule has 2 rings (SSSR count). The lowest BCUT2D eigenvalue weighted by molar-refractivity contribution is -0.117. The van der Waals surface area contributed by atoms with E-state index in [1.807, 2.05) is 44.2 Å². The molecular weight excluding hydrogens is 310 g/mol. The lowest BCUT2D eigenvalue weighted by Gasteiger charge is -2.37. The molecule has 138 valence electrons. The van der Waals surface area contributed by atoms with E-state index in [-0.39, 0.29) is 12.0 Å². The summed E-state index contributed by atoms with van der Waals surface area (Å²) < 4.78 is 5.62. The van der Waals surface area contributed by atoms with E-state index in [0.29, 0.717) is 11.5 Å². The third kappa shape index (κ3) is 6.56. The fourth-order valence-corrected chi connectivity index (χ4v) is 3.45. The van der Waals surface area contributed by atoms with Crippen LogP contribution in [0.1, 0.15) is 65.9 Å². The van der Waals surface area contributed by atoms with Crippen molar-refractivity contribution in [3.8, 4) is 5.75 Å². The predicted molar refractivity (Wildman–Crippen MR) is 105 cm³/mol. The highest BCUT2D eigenvalue weighted by Crippen LogP contribution is 2.37. The van der Waals surface area contributed by atoms with Gasteiger partial charge in [-0.3, -0.25) is 4.79 Å². The molecule has 0 aliphatic heterocycles. The summed E-state index contributed by atoms with van der Waals surface area (Å²) in [6.45, 7) is 11.0. The number of carbonyl (C=O) groups excluding carboxylic acids is 1. The summed E-state index contributed by atoms with van der Waals surface area (Å²) in [5.41, 5.74) is 1.38. The lowest BCUT2D eigenvalue weighted by Crippen LogP contribution is -2.38. The fourth-order valence-electron chi connectivity index (χ4n) is 3.45. The number of hydrogen-bond donors (Lipinski definition) is 1. The van der Waals surface area contributed by atoms with Gasteiger partial charge in [-0.25, -0.2) is 0 Å². The zero-order valence-corrected chi connectivity index (χ0v) is 16.3. The molecule has 25 heavy (non-hydrogen) atoms. The number of amides is 1. The quantitative estimate of drug-likeness (QED) is 0.746. The first-order chi connectivity index (χ1) is 11.7. The maximum absolute atomic E-state index is 12.2. The van der Waals surface area contributed by atoms with E-state index >= 15 is 0 Å². The number of ether oxygens (including phenoxy) is 1. The van der Waals surface area contributed by atoms with Crippen molar-refractivity contribution < 1.29 is 9.53 Å². The van der Waals surface area contributed by atoms with E-state index < -0.39 is 0 Å². The Kier molecular flexibility index (Phi) is 6.69. The highest BCUT2D eigenvalue weighted by Gasteiger charge is 2.29. The number of rotatable bonds is 5. The van der Waals surface area contributed by atoms with Crippen molar-refractivity contribution in [2.24, 2.45) is 11.3 Å². The van der Waals surface area contributed by atoms with Crippen LogP contribution in [0.2, 0.25) is 0 Å². The first-order valence-electron chi connectivity index (χ1n) is 9.49. The van der Waals surface area contributed by atoms with Crippen LogP contribution in [-0.2, 0) is 4.79 Å². The Balaban J connectivity index is 1.79. The second-order valence-corrected chi connectivity index (χ2v) is 8.49. The van der Waals surface area contributed by atoms with Gasteiger partial charge in [-0.2, -0.15) is 0 Å². The van der Waals surface area contributed by atoms with Gasteiger partial charge in [-0.15, -0.1) is 0 Å². The first-order valence-corrected chi connectivity index (χ1v) is 9.49. The second kappa shape index (κ2) is 8.55. The summed E-state index contributed by atoms with van der Waals surface area (Å²) in [5.74, 6) is 1.62. The molecule has 1 aromatic carbocycles. The Labute approximate surface area is 152 Å². The molecule has 0 spiro atoms. The Morgan fingerprint density at radius 2 is 1.72 bits per heavy atom. The fraction of sp³-hybridized carbons (Fsp3) is 0.591. The van der Waals surface area contributed by atoms with Crippen molar-refractivity contribution in [1.29, 1.82) is 0 Å². The van der Waals surface area contributed by atoms with E-state index in [1.54, 1.807) is 6.08 Å². The van der Waals surface area contributed by atoms with Gasteiger partial charge < -0.3 is 10.1 Å². The van der Waals surface area contributed by atoms with Crippen molar-refractivity contribution in [1.82, 2.24) is 5.32 Å². The zero-order chi connectivity index (χ0) is 18.4. The number of benzene rings is 1. The van der Waals surface area contributed by atoms with Crippen LogP contribution in [0.5, 0.6) is 5.75 Å². The van der Waals surface area contributed by atoms with Crippen molar-refractivity contribution in [3.05, 3.63) is 35.9 Å². The van der Waals surface area contributed by atoms with Crippen LogP contribution in [0.25, 0.3) is 6.08 Å². The minimum atomic E-state index is 0.00159. The van der Waals surface area contributed by atoms with E-state index in [4.69, 9.17) is 4.74 Å². The molecule has 0 saturated heterocycles. The maximum atomic E-state index is 12.2. The monoisotopic (exact) mass is 343 g/mol. The summed E-state index contributed by atoms with van der Waals surface area (Å²) in [6, 6.07) is 8.13. The lowest BCUT2D eigenvalue weighted by atomic mass is 9.71. The van der Waals surface area contributed by atoms with E-state index in [1.165, 1.54) is 12.8 Å². The molecule has 1 aliphatic rings. The molecule has 0 radical (unpaired) electrons. The van der Waals surface area contributed by atoms with Crippen LogP contribution in [0.15, 0.2) is 30.3 Å². The Morgan fingerprint density at radius 3 is 2.24 bits per heavy atom. The molecule has 1 aromatic rings. The minimum Gasteiger partial charge on any atom is -0.491 e. The van der Waals surface area contributed by atoms with Crippen LogP contribution < -0.4 is 10.1 Å². The van der Waals surface area contributed by atoms with Crippen molar-refractivity contribution in [3.63, 3.8) is 0 Å². The molecule has 0 atom stereocenters. The van der Waals surface area contributed by atoms with Crippen LogP contribution in [0.3, 0.4) is 0 Å². The third-order valence-corrected chi connectivity index (χ3v) is 4.98. The average Bonchev–Trinajstić information content (AvgIpc) is 2.53. The summed E-state index contributed by atoms with van der Waals surface area (Å²) in [5, 5.41) is 3.15. The Hall–Kier alpha value is -1.77. The summed E-state index contributed by atoms with van der Waals surface area (Å²) >= 11 is 0. The average molecular weight is 344 g/mol. The molecule has 1 saturated carbocycles. The van der Waals surface area contributed by atoms with Gasteiger partial charge in [-0.05, 0) is 74.6 Å². The minimum absolute atomic E-state index is 0.00159. The molecular formula is C22H33NO2. The summed E-state index contributed by atoms with van der Waals surface area (Å²) in [4.78, 5) is 12.2. The topological polar surface area (TPSA) is 38.3 Å². The van der Waals surface area contributed by atoms with Crippen molar-refractivity contribution in [2.75, 3.05) is 0 Å². The van der Waals surface area contributed by atoms with Gasteiger partial charge in [0.15, 0.2) is 0 Å². The zero-order valence-electron chi connectivity index (χ0n) is 16.3. The van der Waals surface area contributed by atoms with Gasteiger partial charge in [0.1, 0.15) is 5.75 Å². The van der Waals surface area contributed by atoms with E-state index in [0.717, 1.165) is 30.1 Å². The number of hydrogen-bond acceptors (Lipinski definition) is 2. The van der Waals surface area contributed by atoms with Gasteiger partial charge in [0.25, 0.3) is 0 Å². The molecule has 3 heteroatoms. The Morgan fingerprint density at radius 1 is 1.12 bits per heavy atom. The molecule has 3 nitrogen and oxygen atoms in total. The van der Waals surface area contributed by atoms with Crippen LogP contribution >= 0.6 is 0 Å². The van der Waals surface area contributed by atoms with E-state index in [9.17, 15) is 4.79 Å². The van der Waals surface area contributed by atoms with Crippen LogP contribution in [-0.4, -0.2) is 18.1 Å². The Bertz CT molecular complexity index is 573. The second-order valence-electron chi connectivity index (χ2n) is 8.49. The molecule has 0 aromatic heterocycles. The highest BCUT2D eigenvalue weighted by molar-refractivity contribution is 5.91. The largest absolute Gasteiger partial charge is 0.491 e. The molecule has 1 fully saturated rings. The SMILES string of the molecule is CC(C)Oc1ccc(C=CC(=O)NC2CCC(C(C)(C)C)CC2)cc1. The van der Waals surface area contributed by atoms with Crippen molar-refractivity contribution in [2.45, 2.75) is 72.4 Å². The molecule has 0 heterocycles.